The number of para-hydroxylation sites is 1. The predicted octanol–water partition coefficient (Wildman–Crippen LogP) is 2.92. The van der Waals surface area contributed by atoms with E-state index in [1.54, 1.807) is 12.1 Å². The minimum absolute atomic E-state index is 0.00914. The third-order valence-corrected chi connectivity index (χ3v) is 4.32. The molecule has 0 saturated carbocycles. The molecule has 2 rings (SSSR count). The fraction of sp³-hybridized carbons (Fsp3) is 0.188. The van der Waals surface area contributed by atoms with Crippen molar-refractivity contribution in [1.82, 2.24) is 0 Å². The van der Waals surface area contributed by atoms with E-state index in [0.29, 0.717) is 5.75 Å². The fourth-order valence-electron chi connectivity index (χ4n) is 2.14. The number of aryl methyl sites for hydroxylation is 2. The molecule has 0 aliphatic heterocycles. The maximum Gasteiger partial charge on any atom is 0.324 e. The minimum Gasteiger partial charge on any atom is -0.426 e. The zero-order valence-electron chi connectivity index (χ0n) is 12.6. The summed E-state index contributed by atoms with van der Waals surface area (Å²) >= 11 is 0. The Labute approximate surface area is 135 Å². The lowest BCUT2D eigenvalue weighted by Crippen LogP contribution is -2.17. The van der Waals surface area contributed by atoms with Crippen LogP contribution in [-0.2, 0) is 15.6 Å². The van der Waals surface area contributed by atoms with Gasteiger partial charge in [0.15, 0.2) is 0 Å². The van der Waals surface area contributed by atoms with Crippen molar-refractivity contribution in [2.24, 2.45) is 0 Å². The monoisotopic (exact) mass is 333 g/mol. The number of nitrogens with zero attached hydrogens (tertiary/aromatic N) is 1. The summed E-state index contributed by atoms with van der Waals surface area (Å²) in [5.41, 5.74) is 1.60. The third kappa shape index (κ3) is 4.46. The minimum atomic E-state index is -1.85. The van der Waals surface area contributed by atoms with Crippen LogP contribution in [0.15, 0.2) is 47.4 Å². The number of nitro groups is 1. The highest BCUT2D eigenvalue weighted by Crippen LogP contribution is 2.22. The van der Waals surface area contributed by atoms with Gasteiger partial charge < -0.3 is 4.74 Å². The molecule has 0 saturated heterocycles. The second kappa shape index (κ2) is 7.15. The van der Waals surface area contributed by atoms with Crippen molar-refractivity contribution in [2.75, 3.05) is 5.75 Å². The zero-order valence-corrected chi connectivity index (χ0v) is 13.5. The average molecular weight is 333 g/mol. The molecule has 6 nitrogen and oxygen atoms in total. The van der Waals surface area contributed by atoms with Crippen LogP contribution in [0.5, 0.6) is 5.75 Å². The second-order valence-electron chi connectivity index (χ2n) is 5.01. The Morgan fingerprint density at radius 1 is 1.17 bits per heavy atom. The van der Waals surface area contributed by atoms with E-state index in [-0.39, 0.29) is 10.6 Å². The molecule has 0 aliphatic carbocycles. The van der Waals surface area contributed by atoms with Crippen molar-refractivity contribution in [1.29, 1.82) is 0 Å². The van der Waals surface area contributed by atoms with Gasteiger partial charge >= 0.3 is 5.97 Å². The van der Waals surface area contributed by atoms with Gasteiger partial charge in [0.05, 0.1) is 15.7 Å². The Bertz CT molecular complexity index is 768. The SMILES string of the molecule is Cc1cc(C)cc(OC(=O)CS(=O)c2ccccc2[N+](=O)[O-])c1. The van der Waals surface area contributed by atoms with Crippen LogP contribution in [0.4, 0.5) is 5.69 Å². The van der Waals surface area contributed by atoms with Crippen LogP contribution in [0.3, 0.4) is 0 Å². The summed E-state index contributed by atoms with van der Waals surface area (Å²) in [6, 6.07) is 11.0. The number of nitro benzene ring substituents is 1. The van der Waals surface area contributed by atoms with E-state index in [1.165, 1.54) is 24.3 Å². The molecule has 0 aliphatic rings. The first-order valence-corrected chi connectivity index (χ1v) is 8.09. The molecule has 1 unspecified atom stereocenters. The molecule has 0 radical (unpaired) electrons. The van der Waals surface area contributed by atoms with Crippen molar-refractivity contribution in [3.8, 4) is 5.75 Å². The summed E-state index contributed by atoms with van der Waals surface area (Å²) < 4.78 is 17.4. The largest absolute Gasteiger partial charge is 0.426 e. The van der Waals surface area contributed by atoms with Gasteiger partial charge in [0.1, 0.15) is 16.4 Å². The van der Waals surface area contributed by atoms with E-state index in [9.17, 15) is 19.1 Å². The van der Waals surface area contributed by atoms with Gasteiger partial charge in [-0.1, -0.05) is 18.2 Å². The number of carbonyl (C=O) groups excluding carboxylic acids is 1. The highest BCUT2D eigenvalue weighted by Gasteiger charge is 2.21. The predicted molar refractivity (Wildman–Crippen MR) is 85.9 cm³/mol. The number of benzene rings is 2. The molecular formula is C16H15NO5S. The van der Waals surface area contributed by atoms with E-state index in [4.69, 9.17) is 4.74 Å². The molecule has 0 heterocycles. The Kier molecular flexibility index (Phi) is 5.23. The topological polar surface area (TPSA) is 86.5 Å². The number of esters is 1. The Hall–Kier alpha value is -2.54. The summed E-state index contributed by atoms with van der Waals surface area (Å²) in [5, 5.41) is 10.9. The number of hydrogen-bond donors (Lipinski definition) is 0. The first-order chi connectivity index (χ1) is 10.9. The Morgan fingerprint density at radius 3 is 2.39 bits per heavy atom. The molecule has 2 aromatic rings. The summed E-state index contributed by atoms with van der Waals surface area (Å²) in [6.07, 6.45) is 0. The summed E-state index contributed by atoms with van der Waals surface area (Å²) in [5.74, 6) is -0.781. The van der Waals surface area contributed by atoms with E-state index >= 15 is 0 Å². The highest BCUT2D eigenvalue weighted by atomic mass is 32.2. The summed E-state index contributed by atoms with van der Waals surface area (Å²) in [4.78, 5) is 22.2. The van der Waals surface area contributed by atoms with Crippen molar-refractivity contribution in [3.05, 3.63) is 63.7 Å². The molecule has 2 aromatic carbocycles. The molecule has 0 spiro atoms. The average Bonchev–Trinajstić information content (AvgIpc) is 2.45. The molecule has 0 fully saturated rings. The van der Waals surface area contributed by atoms with Gasteiger partial charge in [-0.15, -0.1) is 0 Å². The van der Waals surface area contributed by atoms with Crippen LogP contribution >= 0.6 is 0 Å². The van der Waals surface area contributed by atoms with Gasteiger partial charge in [0, 0.05) is 6.07 Å². The van der Waals surface area contributed by atoms with Crippen molar-refractivity contribution in [3.63, 3.8) is 0 Å². The first kappa shape index (κ1) is 16.8. The molecule has 0 bridgehead atoms. The van der Waals surface area contributed by atoms with Crippen molar-refractivity contribution >= 4 is 22.5 Å². The quantitative estimate of drug-likeness (QED) is 0.363. The second-order valence-corrected chi connectivity index (χ2v) is 6.43. The van der Waals surface area contributed by atoms with Crippen molar-refractivity contribution < 1.29 is 18.7 Å². The van der Waals surface area contributed by atoms with Crippen LogP contribution in [-0.4, -0.2) is 20.9 Å². The van der Waals surface area contributed by atoms with Crippen LogP contribution < -0.4 is 4.74 Å². The standard InChI is InChI=1S/C16H15NO5S/c1-11-7-12(2)9-13(8-11)22-16(18)10-23(21)15-6-4-3-5-14(15)17(19)20/h3-9H,10H2,1-2H3. The van der Waals surface area contributed by atoms with E-state index in [0.717, 1.165) is 11.1 Å². The number of hydrogen-bond acceptors (Lipinski definition) is 5. The lowest BCUT2D eigenvalue weighted by Gasteiger charge is -2.07. The normalized spacial score (nSPS) is 11.7. The number of rotatable bonds is 5. The smallest absolute Gasteiger partial charge is 0.324 e. The first-order valence-electron chi connectivity index (χ1n) is 6.77. The van der Waals surface area contributed by atoms with Crippen LogP contribution in [0.2, 0.25) is 0 Å². The molecule has 1 atom stereocenters. The Balaban J connectivity index is 2.11. The summed E-state index contributed by atoms with van der Waals surface area (Å²) in [7, 11) is -1.85. The van der Waals surface area contributed by atoms with Crippen LogP contribution in [0, 0.1) is 24.0 Å². The van der Waals surface area contributed by atoms with Gasteiger partial charge in [0.25, 0.3) is 5.69 Å². The van der Waals surface area contributed by atoms with Gasteiger partial charge in [-0.3, -0.25) is 19.1 Å². The van der Waals surface area contributed by atoms with Crippen LogP contribution in [0.25, 0.3) is 0 Å². The molecule has 7 heteroatoms. The van der Waals surface area contributed by atoms with Gasteiger partial charge in [0.2, 0.25) is 0 Å². The molecular weight excluding hydrogens is 318 g/mol. The molecule has 0 N–H and O–H groups in total. The maximum atomic E-state index is 12.2. The fourth-order valence-corrected chi connectivity index (χ4v) is 3.17. The molecule has 120 valence electrons. The number of ether oxygens (including phenoxy) is 1. The van der Waals surface area contributed by atoms with Crippen molar-refractivity contribution in [2.45, 2.75) is 18.7 Å². The zero-order chi connectivity index (χ0) is 17.0. The maximum absolute atomic E-state index is 12.2. The van der Waals surface area contributed by atoms with E-state index in [2.05, 4.69) is 0 Å². The van der Waals surface area contributed by atoms with Gasteiger partial charge in [-0.25, -0.2) is 0 Å². The van der Waals surface area contributed by atoms with Gasteiger partial charge in [-0.2, -0.15) is 0 Å². The highest BCUT2D eigenvalue weighted by molar-refractivity contribution is 7.85. The summed E-state index contributed by atoms with van der Waals surface area (Å²) in [6.45, 7) is 3.74. The molecule has 23 heavy (non-hydrogen) atoms. The number of carbonyl (C=O) groups is 1. The Morgan fingerprint density at radius 2 is 1.78 bits per heavy atom. The third-order valence-electron chi connectivity index (χ3n) is 2.98. The molecule has 0 amide bonds. The van der Waals surface area contributed by atoms with E-state index < -0.39 is 27.4 Å². The lowest BCUT2D eigenvalue weighted by molar-refractivity contribution is -0.387. The van der Waals surface area contributed by atoms with Crippen LogP contribution in [0.1, 0.15) is 11.1 Å². The molecule has 0 aromatic heterocycles. The van der Waals surface area contributed by atoms with Gasteiger partial charge in [-0.05, 0) is 43.2 Å². The van der Waals surface area contributed by atoms with E-state index in [1.807, 2.05) is 19.9 Å². The lowest BCUT2D eigenvalue weighted by atomic mass is 10.1.